The van der Waals surface area contributed by atoms with Gasteiger partial charge in [0.1, 0.15) is 5.76 Å². The van der Waals surface area contributed by atoms with Crippen LogP contribution in [0.2, 0.25) is 0 Å². The van der Waals surface area contributed by atoms with Crippen molar-refractivity contribution in [2.24, 2.45) is 0 Å². The van der Waals surface area contributed by atoms with Gasteiger partial charge >= 0.3 is 6.03 Å². The molecule has 0 spiro atoms. The molecule has 1 aromatic heterocycles. The molecule has 0 aliphatic heterocycles. The molecule has 1 aromatic carbocycles. The highest BCUT2D eigenvalue weighted by molar-refractivity contribution is 7.92. The van der Waals surface area contributed by atoms with Crippen LogP contribution in [0.25, 0.3) is 0 Å². The molecular weight excluding hydrogens is 366 g/mol. The lowest BCUT2D eigenvalue weighted by atomic mass is 10.1. The van der Waals surface area contributed by atoms with Gasteiger partial charge in [-0.3, -0.25) is 4.72 Å². The quantitative estimate of drug-likeness (QED) is 0.677. The fraction of sp³-hybridized carbons (Fsp3) is 0.316. The van der Waals surface area contributed by atoms with E-state index in [0.717, 1.165) is 0 Å². The Kier molecular flexibility index (Phi) is 6.91. The van der Waals surface area contributed by atoms with Crippen molar-refractivity contribution in [3.8, 4) is 12.3 Å². The number of terminal acetylenes is 1. The number of sulfonamides is 1. The predicted molar refractivity (Wildman–Crippen MR) is 106 cm³/mol. The molecule has 0 saturated carbocycles. The first-order chi connectivity index (χ1) is 12.9. The highest BCUT2D eigenvalue weighted by atomic mass is 32.2. The minimum atomic E-state index is -3.42. The van der Waals surface area contributed by atoms with Crippen molar-refractivity contribution in [1.29, 1.82) is 0 Å². The number of amides is 2. The van der Waals surface area contributed by atoms with E-state index >= 15 is 0 Å². The molecule has 0 saturated heterocycles. The second-order valence-corrected chi connectivity index (χ2v) is 7.81. The average Bonchev–Trinajstić information content (AvgIpc) is 3.11. The molecule has 27 heavy (non-hydrogen) atoms. The summed E-state index contributed by atoms with van der Waals surface area (Å²) in [6.07, 6.45) is 7.40. The number of furan rings is 1. The van der Waals surface area contributed by atoms with E-state index in [1.807, 2.05) is 0 Å². The molecule has 0 fully saturated rings. The van der Waals surface area contributed by atoms with Gasteiger partial charge in [-0.15, -0.1) is 6.42 Å². The zero-order chi connectivity index (χ0) is 19.9. The zero-order valence-corrected chi connectivity index (χ0v) is 16.2. The Morgan fingerprint density at radius 1 is 1.26 bits per heavy atom. The Hall–Kier alpha value is -2.92. The summed E-state index contributed by atoms with van der Waals surface area (Å²) in [4.78, 5) is 14.0. The lowest BCUT2D eigenvalue weighted by molar-refractivity contribution is 0.211. The molecule has 0 atom stereocenters. The van der Waals surface area contributed by atoms with E-state index < -0.39 is 16.1 Å². The number of benzene rings is 1. The van der Waals surface area contributed by atoms with E-state index in [1.54, 1.807) is 44.2 Å². The van der Waals surface area contributed by atoms with Gasteiger partial charge in [-0.2, -0.15) is 0 Å². The zero-order valence-electron chi connectivity index (χ0n) is 15.4. The topological polar surface area (TPSA) is 91.7 Å². The second kappa shape index (κ2) is 9.14. The van der Waals surface area contributed by atoms with Crippen LogP contribution in [0.3, 0.4) is 0 Å². The maximum atomic E-state index is 12.6. The summed E-state index contributed by atoms with van der Waals surface area (Å²) in [5, 5.41) is 2.78. The molecule has 2 aromatic rings. The summed E-state index contributed by atoms with van der Waals surface area (Å²) in [6.45, 7) is 3.86. The van der Waals surface area contributed by atoms with Crippen LogP contribution in [0.15, 0.2) is 41.0 Å². The molecule has 2 N–H and O–H groups in total. The average molecular weight is 389 g/mol. The van der Waals surface area contributed by atoms with Gasteiger partial charge < -0.3 is 14.6 Å². The molecular formula is C19H23N3O4S. The molecule has 144 valence electrons. The van der Waals surface area contributed by atoms with Gasteiger partial charge in [0.2, 0.25) is 10.0 Å². The van der Waals surface area contributed by atoms with E-state index in [2.05, 4.69) is 16.0 Å². The molecule has 2 rings (SSSR count). The summed E-state index contributed by atoms with van der Waals surface area (Å²) < 4.78 is 31.9. The van der Waals surface area contributed by atoms with Crippen molar-refractivity contribution in [2.75, 3.05) is 22.3 Å². The van der Waals surface area contributed by atoms with Crippen LogP contribution in [0.4, 0.5) is 16.2 Å². The summed E-state index contributed by atoms with van der Waals surface area (Å²) in [6, 6.07) is 8.11. The maximum Gasteiger partial charge on any atom is 0.323 e. The minimum Gasteiger partial charge on any atom is -0.467 e. The van der Waals surface area contributed by atoms with Crippen molar-refractivity contribution in [1.82, 2.24) is 4.90 Å². The predicted octanol–water partition coefficient (Wildman–Crippen LogP) is 3.41. The molecule has 2 amide bonds. The number of hydrogen-bond donors (Lipinski definition) is 2. The highest BCUT2D eigenvalue weighted by Crippen LogP contribution is 2.25. The van der Waals surface area contributed by atoms with Crippen LogP contribution >= 0.6 is 0 Å². The van der Waals surface area contributed by atoms with E-state index in [1.165, 1.54) is 11.2 Å². The fourth-order valence-electron chi connectivity index (χ4n) is 2.46. The maximum absolute atomic E-state index is 12.6. The minimum absolute atomic E-state index is 0.0299. The van der Waals surface area contributed by atoms with E-state index in [4.69, 9.17) is 10.8 Å². The first-order valence-corrected chi connectivity index (χ1v) is 10.1. The van der Waals surface area contributed by atoms with Gasteiger partial charge in [0.25, 0.3) is 0 Å². The van der Waals surface area contributed by atoms with Gasteiger partial charge in [-0.05, 0) is 43.2 Å². The Bertz CT molecular complexity index is 915. The molecule has 0 bridgehead atoms. The van der Waals surface area contributed by atoms with E-state index in [-0.39, 0.29) is 18.8 Å². The summed E-state index contributed by atoms with van der Waals surface area (Å²) in [5.74, 6) is 3.09. The van der Waals surface area contributed by atoms with Gasteiger partial charge in [0, 0.05) is 5.69 Å². The SMILES string of the molecule is C#CCN(Cc1ccco1)C(=O)Nc1cccc(NS(=O)(=O)CCC)c1C. The molecule has 8 heteroatoms. The van der Waals surface area contributed by atoms with Crippen LogP contribution in [0, 0.1) is 19.3 Å². The Morgan fingerprint density at radius 2 is 2.00 bits per heavy atom. The first-order valence-electron chi connectivity index (χ1n) is 8.48. The number of carbonyl (C=O) groups excluding carboxylic acids is 1. The standard InChI is InChI=1S/C19H23N3O4S/c1-4-11-22(14-16-8-7-12-26-16)19(23)20-17-9-6-10-18(15(17)3)21-27(24,25)13-5-2/h1,6-10,12,21H,5,11,13-14H2,2-3H3,(H,20,23). The molecule has 0 aliphatic carbocycles. The molecule has 0 aliphatic rings. The number of carbonyl (C=O) groups is 1. The lowest BCUT2D eigenvalue weighted by Gasteiger charge is -2.21. The Balaban J connectivity index is 2.16. The Morgan fingerprint density at radius 3 is 2.63 bits per heavy atom. The lowest BCUT2D eigenvalue weighted by Crippen LogP contribution is -2.35. The number of urea groups is 1. The van der Waals surface area contributed by atoms with E-state index in [9.17, 15) is 13.2 Å². The number of rotatable bonds is 8. The fourth-order valence-corrected chi connectivity index (χ4v) is 3.66. The van der Waals surface area contributed by atoms with Crippen molar-refractivity contribution < 1.29 is 17.6 Å². The molecule has 7 nitrogen and oxygen atoms in total. The van der Waals surface area contributed by atoms with Crippen molar-refractivity contribution in [2.45, 2.75) is 26.8 Å². The number of anilines is 2. The summed E-state index contributed by atoms with van der Waals surface area (Å²) >= 11 is 0. The third kappa shape index (κ3) is 5.79. The van der Waals surface area contributed by atoms with E-state index in [0.29, 0.717) is 29.1 Å². The third-order valence-corrected chi connectivity index (χ3v) is 5.29. The summed E-state index contributed by atoms with van der Waals surface area (Å²) in [5.41, 5.74) is 1.54. The van der Waals surface area contributed by atoms with Crippen LogP contribution < -0.4 is 10.0 Å². The first kappa shape index (κ1) is 20.4. The number of nitrogens with one attached hydrogen (secondary N) is 2. The van der Waals surface area contributed by atoms with Gasteiger partial charge in [0.05, 0.1) is 30.8 Å². The largest absolute Gasteiger partial charge is 0.467 e. The smallest absolute Gasteiger partial charge is 0.323 e. The molecule has 1 heterocycles. The van der Waals surface area contributed by atoms with Crippen molar-refractivity contribution in [3.05, 3.63) is 47.9 Å². The Labute approximate surface area is 159 Å². The monoisotopic (exact) mass is 389 g/mol. The second-order valence-electron chi connectivity index (χ2n) is 5.97. The highest BCUT2D eigenvalue weighted by Gasteiger charge is 2.17. The van der Waals surface area contributed by atoms with Gasteiger partial charge in [-0.1, -0.05) is 18.9 Å². The van der Waals surface area contributed by atoms with Crippen molar-refractivity contribution >= 4 is 27.4 Å². The summed E-state index contributed by atoms with van der Waals surface area (Å²) in [7, 11) is -3.42. The van der Waals surface area contributed by atoms with Crippen molar-refractivity contribution in [3.63, 3.8) is 0 Å². The van der Waals surface area contributed by atoms with Crippen LogP contribution in [0.1, 0.15) is 24.7 Å². The molecule has 0 radical (unpaired) electrons. The number of nitrogens with zero attached hydrogens (tertiary/aromatic N) is 1. The van der Waals surface area contributed by atoms with Crippen LogP contribution in [-0.4, -0.2) is 31.6 Å². The van der Waals surface area contributed by atoms with Crippen LogP contribution in [0.5, 0.6) is 0 Å². The van der Waals surface area contributed by atoms with Gasteiger partial charge in [-0.25, -0.2) is 13.2 Å². The number of hydrogen-bond acceptors (Lipinski definition) is 4. The molecule has 0 unspecified atom stereocenters. The van der Waals surface area contributed by atoms with Crippen LogP contribution in [-0.2, 0) is 16.6 Å². The third-order valence-electron chi connectivity index (χ3n) is 3.81. The van der Waals surface area contributed by atoms with Gasteiger partial charge in [0.15, 0.2) is 0 Å². The normalized spacial score (nSPS) is 10.9.